The topological polar surface area (TPSA) is 63.6 Å². The van der Waals surface area contributed by atoms with Gasteiger partial charge in [-0.05, 0) is 51.0 Å². The van der Waals surface area contributed by atoms with Crippen molar-refractivity contribution in [2.75, 3.05) is 7.11 Å². The second-order valence-corrected chi connectivity index (χ2v) is 14.4. The van der Waals surface area contributed by atoms with Crippen molar-refractivity contribution in [3.63, 3.8) is 0 Å². The van der Waals surface area contributed by atoms with E-state index in [1.807, 2.05) is 24.3 Å². The molecule has 1 N–H and O–H groups in total. The molecule has 1 rings (SSSR count). The molecule has 5 heteroatoms. The summed E-state index contributed by atoms with van der Waals surface area (Å²) in [4.78, 5) is 24.2. The van der Waals surface area contributed by atoms with Gasteiger partial charge in [-0.3, -0.25) is 9.59 Å². The Morgan fingerprint density at radius 3 is 2.61 bits per heavy atom. The van der Waals surface area contributed by atoms with Crippen molar-refractivity contribution in [1.29, 1.82) is 0 Å². The number of esters is 1. The third kappa shape index (κ3) is 11.0. The van der Waals surface area contributed by atoms with Crippen LogP contribution in [0.4, 0.5) is 0 Å². The molecule has 1 saturated carbocycles. The molecule has 1 aliphatic carbocycles. The van der Waals surface area contributed by atoms with Crippen LogP contribution < -0.4 is 0 Å². The molecular formula is C26H42O4Si. The quantitative estimate of drug-likeness (QED) is 0.139. The fourth-order valence-corrected chi connectivity index (χ4v) is 4.45. The lowest BCUT2D eigenvalue weighted by molar-refractivity contribution is -0.149. The first-order valence-corrected chi connectivity index (χ1v) is 15.3. The van der Waals surface area contributed by atoms with Gasteiger partial charge in [-0.15, -0.1) is 5.54 Å². The molecule has 0 radical (unpaired) electrons. The van der Waals surface area contributed by atoms with Crippen molar-refractivity contribution in [2.45, 2.75) is 96.4 Å². The van der Waals surface area contributed by atoms with Gasteiger partial charge in [0.2, 0.25) is 0 Å². The molecule has 0 aromatic rings. The third-order valence-corrected chi connectivity index (χ3v) is 6.51. The van der Waals surface area contributed by atoms with Crippen LogP contribution in [0.15, 0.2) is 24.3 Å². The molecule has 0 aromatic heterocycles. The zero-order valence-electron chi connectivity index (χ0n) is 20.2. The van der Waals surface area contributed by atoms with Gasteiger partial charge >= 0.3 is 5.97 Å². The van der Waals surface area contributed by atoms with Gasteiger partial charge in [0.1, 0.15) is 19.5 Å². The minimum Gasteiger partial charge on any atom is -0.469 e. The standard InChI is InChI=1S/C26H42O4Si/c1-6-7-12-18-26(29,20-21-31(3,4)5)19-13-10-8-9-11-15-23(25(28)30-2)22-16-14-17-24(22)27/h8-9,13,19,22-23,29H,6-7,10-12,14-18H2,1-5H3/b9-8+,19-13-/t22-,23+,26-/m1/s1. The van der Waals surface area contributed by atoms with E-state index in [4.69, 9.17) is 4.74 Å². The molecule has 0 aromatic carbocycles. The number of Topliss-reactive ketones (excluding diaryl/α,β-unsaturated/α-hetero) is 1. The average Bonchev–Trinajstić information content (AvgIpc) is 3.13. The molecule has 0 amide bonds. The first-order chi connectivity index (χ1) is 14.6. The van der Waals surface area contributed by atoms with Crippen LogP contribution in [-0.4, -0.2) is 37.6 Å². The summed E-state index contributed by atoms with van der Waals surface area (Å²) in [6.45, 7) is 8.69. The maximum absolute atomic E-state index is 12.1. The predicted molar refractivity (Wildman–Crippen MR) is 130 cm³/mol. The van der Waals surface area contributed by atoms with E-state index in [1.165, 1.54) is 7.11 Å². The van der Waals surface area contributed by atoms with E-state index >= 15 is 0 Å². The Hall–Kier alpha value is -1.64. The zero-order chi connectivity index (χ0) is 23.3. The SMILES string of the molecule is CCCCC[C@](O)(C#C[Si](C)(C)C)/C=C\C/C=C/CC[C@H](C(=O)OC)[C@H]1CCCC1=O. The molecular weight excluding hydrogens is 404 g/mol. The van der Waals surface area contributed by atoms with Crippen molar-refractivity contribution >= 4 is 19.8 Å². The Labute approximate surface area is 190 Å². The number of ketones is 1. The summed E-state index contributed by atoms with van der Waals surface area (Å²) >= 11 is 0. The second kappa shape index (κ2) is 13.7. The molecule has 31 heavy (non-hydrogen) atoms. The minimum absolute atomic E-state index is 0.177. The maximum Gasteiger partial charge on any atom is 0.309 e. The highest BCUT2D eigenvalue weighted by molar-refractivity contribution is 6.83. The summed E-state index contributed by atoms with van der Waals surface area (Å²) in [7, 11) is -0.159. The zero-order valence-corrected chi connectivity index (χ0v) is 21.2. The fourth-order valence-electron chi connectivity index (χ4n) is 3.86. The van der Waals surface area contributed by atoms with Gasteiger partial charge < -0.3 is 9.84 Å². The second-order valence-electron chi connectivity index (χ2n) is 9.66. The fraction of sp³-hybridized carbons (Fsp3) is 0.692. The van der Waals surface area contributed by atoms with Gasteiger partial charge in [-0.25, -0.2) is 0 Å². The molecule has 0 unspecified atom stereocenters. The lowest BCUT2D eigenvalue weighted by Crippen LogP contribution is -2.27. The molecule has 4 nitrogen and oxygen atoms in total. The van der Waals surface area contributed by atoms with Crippen LogP contribution in [0.25, 0.3) is 0 Å². The van der Waals surface area contributed by atoms with Crippen LogP contribution in [0.2, 0.25) is 19.6 Å². The van der Waals surface area contributed by atoms with Crippen molar-refractivity contribution in [3.8, 4) is 11.5 Å². The van der Waals surface area contributed by atoms with Gasteiger partial charge in [-0.1, -0.05) is 63.6 Å². The van der Waals surface area contributed by atoms with Crippen LogP contribution in [0.1, 0.15) is 71.1 Å². The van der Waals surface area contributed by atoms with Crippen molar-refractivity contribution < 1.29 is 19.4 Å². The van der Waals surface area contributed by atoms with Gasteiger partial charge in [0.05, 0.1) is 13.0 Å². The minimum atomic E-state index is -1.55. The number of carbonyl (C=O) groups excluding carboxylic acids is 2. The van der Waals surface area contributed by atoms with Crippen molar-refractivity contribution in [1.82, 2.24) is 0 Å². The van der Waals surface area contributed by atoms with E-state index in [-0.39, 0.29) is 23.6 Å². The Kier molecular flexibility index (Phi) is 12.1. The molecule has 174 valence electrons. The monoisotopic (exact) mass is 446 g/mol. The molecule has 0 spiro atoms. The average molecular weight is 447 g/mol. The van der Waals surface area contributed by atoms with E-state index in [0.29, 0.717) is 25.7 Å². The van der Waals surface area contributed by atoms with Crippen LogP contribution in [0, 0.1) is 23.3 Å². The summed E-state index contributed by atoms with van der Waals surface area (Å²) in [5.74, 6) is 2.56. The number of rotatable bonds is 12. The number of carbonyl (C=O) groups is 2. The molecule has 0 heterocycles. The molecule has 1 aliphatic rings. The Morgan fingerprint density at radius 1 is 1.29 bits per heavy atom. The Bertz CT molecular complexity index is 692. The number of ether oxygens (including phenoxy) is 1. The normalized spacial score (nSPS) is 19.9. The summed E-state index contributed by atoms with van der Waals surface area (Å²) in [5.41, 5.74) is 2.25. The molecule has 0 saturated heterocycles. The summed E-state index contributed by atoms with van der Waals surface area (Å²) < 4.78 is 4.93. The molecule has 0 aliphatic heterocycles. The number of unbranched alkanes of at least 4 members (excludes halogenated alkanes) is 2. The van der Waals surface area contributed by atoms with E-state index in [1.54, 1.807) is 0 Å². The summed E-state index contributed by atoms with van der Waals surface area (Å²) in [6.07, 6.45) is 16.0. The van der Waals surface area contributed by atoms with Crippen LogP contribution in [0.3, 0.4) is 0 Å². The number of hydrogen-bond acceptors (Lipinski definition) is 4. The largest absolute Gasteiger partial charge is 0.469 e. The lowest BCUT2D eigenvalue weighted by atomic mass is 9.86. The highest BCUT2D eigenvalue weighted by atomic mass is 28.3. The summed E-state index contributed by atoms with van der Waals surface area (Å²) in [5, 5.41) is 11.0. The van der Waals surface area contributed by atoms with E-state index in [9.17, 15) is 14.7 Å². The predicted octanol–water partition coefficient (Wildman–Crippen LogP) is 5.62. The number of methoxy groups -OCH3 is 1. The van der Waals surface area contributed by atoms with Crippen molar-refractivity contribution in [2.24, 2.45) is 11.8 Å². The van der Waals surface area contributed by atoms with Gasteiger partial charge in [0.15, 0.2) is 0 Å². The van der Waals surface area contributed by atoms with Gasteiger partial charge in [-0.2, -0.15) is 0 Å². The highest BCUT2D eigenvalue weighted by Crippen LogP contribution is 2.32. The van der Waals surface area contributed by atoms with E-state index in [0.717, 1.165) is 38.5 Å². The highest BCUT2D eigenvalue weighted by Gasteiger charge is 2.36. The Morgan fingerprint density at radius 2 is 2.03 bits per heavy atom. The van der Waals surface area contributed by atoms with Crippen LogP contribution in [-0.2, 0) is 14.3 Å². The molecule has 1 fully saturated rings. The van der Waals surface area contributed by atoms with Gasteiger partial charge in [0.25, 0.3) is 0 Å². The maximum atomic E-state index is 12.1. The first-order valence-electron chi connectivity index (χ1n) is 11.8. The summed E-state index contributed by atoms with van der Waals surface area (Å²) in [6, 6.07) is 0. The van der Waals surface area contributed by atoms with E-state index in [2.05, 4.69) is 38.0 Å². The number of aliphatic hydroxyl groups is 1. The number of hydrogen-bond donors (Lipinski definition) is 1. The van der Waals surface area contributed by atoms with Gasteiger partial charge in [0, 0.05) is 12.3 Å². The molecule has 3 atom stereocenters. The Balaban J connectivity index is 2.61. The smallest absolute Gasteiger partial charge is 0.309 e. The molecule has 0 bridgehead atoms. The van der Waals surface area contributed by atoms with Crippen LogP contribution >= 0.6 is 0 Å². The van der Waals surface area contributed by atoms with E-state index < -0.39 is 13.7 Å². The van der Waals surface area contributed by atoms with Crippen molar-refractivity contribution in [3.05, 3.63) is 24.3 Å². The lowest BCUT2D eigenvalue weighted by Gasteiger charge is -2.19. The first kappa shape index (κ1) is 27.4. The number of allylic oxidation sites excluding steroid dienone is 3. The van der Waals surface area contributed by atoms with Crippen LogP contribution in [0.5, 0.6) is 0 Å². The third-order valence-electron chi connectivity index (χ3n) is 5.63.